The van der Waals surface area contributed by atoms with Gasteiger partial charge in [0.05, 0.1) is 12.1 Å². The van der Waals surface area contributed by atoms with Crippen LogP contribution >= 0.6 is 0 Å². The number of carbonyl (C=O) groups is 4. The summed E-state index contributed by atoms with van der Waals surface area (Å²) in [5, 5.41) is 41.0. The predicted octanol–water partition coefficient (Wildman–Crippen LogP) is 5.24. The molecule has 2 aliphatic heterocycles. The number of carboxylic acids is 2. The number of carboxylic acid groups (broad SMARTS) is 2. The van der Waals surface area contributed by atoms with Gasteiger partial charge < -0.3 is 29.7 Å². The van der Waals surface area contributed by atoms with E-state index < -0.39 is 47.9 Å². The molecule has 0 unspecified atom stereocenters. The van der Waals surface area contributed by atoms with E-state index in [1.165, 1.54) is 0 Å². The Morgan fingerprint density at radius 1 is 0.673 bits per heavy atom. The zero-order valence-electron chi connectivity index (χ0n) is 29.5. The predicted molar refractivity (Wildman–Crippen MR) is 187 cm³/mol. The fraction of sp³-hybridized carbons (Fsp3) is 0.444. The highest BCUT2D eigenvalue weighted by molar-refractivity contribution is 6.03. The summed E-state index contributed by atoms with van der Waals surface area (Å²) in [5.41, 5.74) is 4.14. The lowest BCUT2D eigenvalue weighted by atomic mass is 9.94. The Hall–Kier alpha value is -5.48. The van der Waals surface area contributed by atoms with Crippen LogP contribution in [0.3, 0.4) is 0 Å². The van der Waals surface area contributed by atoms with Crippen LogP contribution in [0.2, 0.25) is 0 Å². The van der Waals surface area contributed by atoms with Gasteiger partial charge in [-0.2, -0.15) is 0 Å². The van der Waals surface area contributed by atoms with Crippen LogP contribution in [0.25, 0.3) is 11.1 Å². The SMILES string of the molecule is Cc1c(NC(=O)c2nnc([C@H](C)N3CCCC[C@H]3C(=O)O)o2)cccc1-c1cccc(NC(=O)c2nnc([C@H](C)N3CCCC[C@H]3C(=O)O)o2)c1C. The third-order valence-electron chi connectivity index (χ3n) is 10.1. The van der Waals surface area contributed by atoms with Gasteiger partial charge >= 0.3 is 35.5 Å². The highest BCUT2D eigenvalue weighted by atomic mass is 16.4. The molecular weight excluding hydrogens is 672 g/mol. The van der Waals surface area contributed by atoms with Gasteiger partial charge in [0.15, 0.2) is 0 Å². The number of aliphatic carboxylic acids is 2. The van der Waals surface area contributed by atoms with Crippen LogP contribution < -0.4 is 10.6 Å². The molecular formula is C36H42N8O8. The highest BCUT2D eigenvalue weighted by Crippen LogP contribution is 2.35. The van der Waals surface area contributed by atoms with Crippen molar-refractivity contribution in [1.29, 1.82) is 0 Å². The summed E-state index contributed by atoms with van der Waals surface area (Å²) in [7, 11) is 0. The Balaban J connectivity index is 1.15. The summed E-state index contributed by atoms with van der Waals surface area (Å²) in [4.78, 5) is 53.7. The van der Waals surface area contributed by atoms with Gasteiger partial charge in [0.1, 0.15) is 12.1 Å². The van der Waals surface area contributed by atoms with E-state index in [-0.39, 0.29) is 23.6 Å². The van der Waals surface area contributed by atoms with Crippen molar-refractivity contribution in [3.63, 3.8) is 0 Å². The Bertz CT molecular complexity index is 1830. The molecule has 2 aromatic heterocycles. The fourth-order valence-corrected chi connectivity index (χ4v) is 7.12. The smallest absolute Gasteiger partial charge is 0.320 e. The number of benzene rings is 2. The topological polar surface area (TPSA) is 217 Å². The highest BCUT2D eigenvalue weighted by Gasteiger charge is 2.36. The Morgan fingerprint density at radius 2 is 1.08 bits per heavy atom. The van der Waals surface area contributed by atoms with Crippen molar-refractivity contribution < 1.29 is 38.2 Å². The molecule has 0 aliphatic carbocycles. The summed E-state index contributed by atoms with van der Waals surface area (Å²) in [5.74, 6) is -3.18. The summed E-state index contributed by atoms with van der Waals surface area (Å²) in [6.07, 6.45) is 4.42. The maximum absolute atomic E-state index is 13.2. The van der Waals surface area contributed by atoms with Gasteiger partial charge in [0.2, 0.25) is 11.8 Å². The normalized spacial score (nSPS) is 19.5. The van der Waals surface area contributed by atoms with E-state index in [0.717, 1.165) is 47.9 Å². The van der Waals surface area contributed by atoms with Crippen LogP contribution in [0.15, 0.2) is 45.2 Å². The number of rotatable bonds is 11. The molecule has 0 saturated carbocycles. The Kier molecular flexibility index (Phi) is 10.8. The molecule has 52 heavy (non-hydrogen) atoms. The van der Waals surface area contributed by atoms with Crippen molar-refractivity contribution >= 4 is 35.1 Å². The molecule has 0 bridgehead atoms. The lowest BCUT2D eigenvalue weighted by molar-refractivity contribution is -0.146. The molecule has 2 aromatic carbocycles. The number of nitrogens with zero attached hydrogens (tertiary/aromatic N) is 6. The quantitative estimate of drug-likeness (QED) is 0.156. The number of piperidine rings is 2. The fourth-order valence-electron chi connectivity index (χ4n) is 7.12. The second-order valence-electron chi connectivity index (χ2n) is 13.3. The van der Waals surface area contributed by atoms with Gasteiger partial charge in [-0.1, -0.05) is 37.1 Å². The first-order chi connectivity index (χ1) is 24.9. The van der Waals surface area contributed by atoms with Crippen molar-refractivity contribution in [3.05, 3.63) is 71.1 Å². The second-order valence-corrected chi connectivity index (χ2v) is 13.3. The van der Waals surface area contributed by atoms with Crippen LogP contribution in [0.1, 0.15) is 109 Å². The number of aromatic nitrogens is 4. The molecule has 2 aliphatic rings. The minimum absolute atomic E-state index is 0.165. The summed E-state index contributed by atoms with van der Waals surface area (Å²) >= 11 is 0. The summed E-state index contributed by atoms with van der Waals surface area (Å²) < 4.78 is 11.5. The third-order valence-corrected chi connectivity index (χ3v) is 10.1. The Labute approximate surface area is 299 Å². The lowest BCUT2D eigenvalue weighted by Gasteiger charge is -2.35. The third kappa shape index (κ3) is 7.43. The van der Waals surface area contributed by atoms with Crippen molar-refractivity contribution in [3.8, 4) is 11.1 Å². The van der Waals surface area contributed by atoms with Crippen LogP contribution in [0, 0.1) is 13.8 Å². The van der Waals surface area contributed by atoms with Crippen molar-refractivity contribution in [1.82, 2.24) is 30.2 Å². The molecule has 2 amide bonds. The number of nitrogens with one attached hydrogen (secondary N) is 2. The zero-order chi connectivity index (χ0) is 37.1. The monoisotopic (exact) mass is 714 g/mol. The maximum atomic E-state index is 13.2. The molecule has 16 nitrogen and oxygen atoms in total. The standard InChI is InChI=1S/C36H42N8O8/c1-19-23(11-9-13-25(19)37-29(45)33-41-39-31(51-33)21(3)43-17-7-5-15-27(43)35(47)48)24-12-10-14-26(20(24)2)38-30(46)34-42-40-32(52-34)22(4)44-18-8-6-16-28(44)36(49)50/h9-14,21-22,27-28H,5-8,15-18H2,1-4H3,(H,37,45)(H,38,46)(H,47,48)(H,49,50)/t21-,22-,27-,28-/m0/s1. The molecule has 4 aromatic rings. The Morgan fingerprint density at radius 3 is 1.46 bits per heavy atom. The number of amides is 2. The maximum Gasteiger partial charge on any atom is 0.320 e. The van der Waals surface area contributed by atoms with Crippen molar-refractivity contribution in [2.45, 2.75) is 90.4 Å². The number of hydrogen-bond acceptors (Lipinski definition) is 12. The number of hydrogen-bond donors (Lipinski definition) is 4. The average molecular weight is 715 g/mol. The van der Waals surface area contributed by atoms with Crippen molar-refractivity contribution in [2.24, 2.45) is 0 Å². The van der Waals surface area contributed by atoms with Gasteiger partial charge in [-0.25, -0.2) is 0 Å². The zero-order valence-corrected chi connectivity index (χ0v) is 29.5. The molecule has 274 valence electrons. The van der Waals surface area contributed by atoms with E-state index in [1.807, 2.05) is 35.8 Å². The van der Waals surface area contributed by atoms with Gasteiger partial charge in [-0.05, 0) is 101 Å². The summed E-state index contributed by atoms with van der Waals surface area (Å²) in [6, 6.07) is 8.62. The molecule has 2 saturated heterocycles. The van der Waals surface area contributed by atoms with E-state index in [4.69, 9.17) is 8.83 Å². The minimum Gasteiger partial charge on any atom is -0.480 e. The van der Waals surface area contributed by atoms with E-state index in [0.29, 0.717) is 37.3 Å². The minimum atomic E-state index is -0.903. The number of likely N-dealkylation sites (tertiary alicyclic amines) is 2. The van der Waals surface area contributed by atoms with Gasteiger partial charge in [0.25, 0.3) is 0 Å². The van der Waals surface area contributed by atoms with Crippen LogP contribution in [-0.4, -0.2) is 89.3 Å². The number of carbonyl (C=O) groups excluding carboxylic acids is 2. The number of anilines is 2. The second kappa shape index (κ2) is 15.4. The van der Waals surface area contributed by atoms with E-state index in [9.17, 15) is 29.4 Å². The molecule has 0 radical (unpaired) electrons. The molecule has 6 rings (SSSR count). The molecule has 16 heteroatoms. The largest absolute Gasteiger partial charge is 0.480 e. The van der Waals surface area contributed by atoms with Gasteiger partial charge in [0, 0.05) is 11.4 Å². The van der Waals surface area contributed by atoms with Gasteiger partial charge in [-0.15, -0.1) is 20.4 Å². The van der Waals surface area contributed by atoms with Crippen LogP contribution in [0.4, 0.5) is 11.4 Å². The summed E-state index contributed by atoms with van der Waals surface area (Å²) in [6.45, 7) is 8.44. The van der Waals surface area contributed by atoms with E-state index in [1.54, 1.807) is 38.1 Å². The lowest BCUT2D eigenvalue weighted by Crippen LogP contribution is -2.45. The first-order valence-electron chi connectivity index (χ1n) is 17.4. The van der Waals surface area contributed by atoms with Crippen LogP contribution in [-0.2, 0) is 9.59 Å². The van der Waals surface area contributed by atoms with Gasteiger partial charge in [-0.3, -0.25) is 29.0 Å². The molecule has 4 N–H and O–H groups in total. The average Bonchev–Trinajstić information content (AvgIpc) is 3.85. The molecule has 2 fully saturated rings. The van der Waals surface area contributed by atoms with Crippen molar-refractivity contribution in [2.75, 3.05) is 23.7 Å². The first-order valence-corrected chi connectivity index (χ1v) is 17.4. The van der Waals surface area contributed by atoms with E-state index >= 15 is 0 Å². The molecule has 4 atom stereocenters. The first kappa shape index (κ1) is 36.3. The molecule has 4 heterocycles. The van der Waals surface area contributed by atoms with Crippen LogP contribution in [0.5, 0.6) is 0 Å². The molecule has 0 spiro atoms. The van der Waals surface area contributed by atoms with E-state index in [2.05, 4.69) is 31.0 Å².